The minimum absolute atomic E-state index is 0.262. The summed E-state index contributed by atoms with van der Waals surface area (Å²) in [6, 6.07) is 0. The zero-order chi connectivity index (χ0) is 14.8. The molecular weight excluding hydrogens is 241 g/mol. The highest BCUT2D eigenvalue weighted by Gasteiger charge is 2.21. The van der Waals surface area contributed by atoms with Crippen LogP contribution in [0, 0.1) is 0 Å². The molecule has 1 aliphatic heterocycles. The van der Waals surface area contributed by atoms with Crippen molar-refractivity contribution in [1.29, 1.82) is 0 Å². The lowest BCUT2D eigenvalue weighted by Crippen LogP contribution is -2.44. The molecule has 0 spiro atoms. The first-order valence-corrected chi connectivity index (χ1v) is 7.05. The van der Waals surface area contributed by atoms with E-state index in [0.717, 1.165) is 18.7 Å². The molecule has 0 aromatic rings. The van der Waals surface area contributed by atoms with Crippen LogP contribution in [0.2, 0.25) is 0 Å². The van der Waals surface area contributed by atoms with Crippen LogP contribution >= 0.6 is 0 Å². The zero-order valence-electron chi connectivity index (χ0n) is 13.1. The van der Waals surface area contributed by atoms with Crippen LogP contribution < -0.4 is 0 Å². The molecule has 1 fully saturated rings. The maximum absolute atomic E-state index is 12.0. The van der Waals surface area contributed by atoms with Crippen molar-refractivity contribution in [3.05, 3.63) is 35.8 Å². The van der Waals surface area contributed by atoms with Gasteiger partial charge in [0, 0.05) is 18.8 Å². The van der Waals surface area contributed by atoms with Crippen molar-refractivity contribution in [3.63, 3.8) is 0 Å². The molecule has 19 heavy (non-hydrogen) atoms. The highest BCUT2D eigenvalue weighted by atomic mass is 19.1. The van der Waals surface area contributed by atoms with Gasteiger partial charge in [0.2, 0.25) is 0 Å². The number of allylic oxidation sites excluding steroid dienone is 5. The predicted molar refractivity (Wildman–Crippen MR) is 80.7 cm³/mol. The van der Waals surface area contributed by atoms with Crippen LogP contribution in [0.4, 0.5) is 4.39 Å². The first kappa shape index (κ1) is 17.9. The summed E-state index contributed by atoms with van der Waals surface area (Å²) in [5.41, 5.74) is 2.10. The minimum atomic E-state index is 0.262. The molecule has 0 radical (unpaired) electrons. The van der Waals surface area contributed by atoms with Gasteiger partial charge in [-0.3, -0.25) is 0 Å². The van der Waals surface area contributed by atoms with Crippen molar-refractivity contribution in [2.24, 2.45) is 0 Å². The molecule has 110 valence electrons. The van der Waals surface area contributed by atoms with Crippen molar-refractivity contribution in [2.45, 2.75) is 53.8 Å². The average Bonchev–Trinajstić information content (AvgIpc) is 2.37. The Morgan fingerprint density at radius 1 is 1.11 bits per heavy atom. The number of morpholine rings is 1. The molecule has 1 aliphatic rings. The Morgan fingerprint density at radius 3 is 2.11 bits per heavy atom. The van der Waals surface area contributed by atoms with Gasteiger partial charge in [-0.25, -0.2) is 4.39 Å². The maximum Gasteiger partial charge on any atom is 0.0869 e. The third-order valence-corrected chi connectivity index (χ3v) is 2.83. The molecule has 0 aliphatic carbocycles. The highest BCUT2D eigenvalue weighted by molar-refractivity contribution is 5.22. The van der Waals surface area contributed by atoms with Crippen LogP contribution in [-0.2, 0) is 4.74 Å². The Balaban J connectivity index is 0.00000154. The van der Waals surface area contributed by atoms with Gasteiger partial charge < -0.3 is 9.64 Å². The van der Waals surface area contributed by atoms with Gasteiger partial charge in [0.1, 0.15) is 0 Å². The second-order valence-electron chi connectivity index (χ2n) is 4.67. The van der Waals surface area contributed by atoms with Crippen LogP contribution in [0.1, 0.15) is 41.5 Å². The van der Waals surface area contributed by atoms with Crippen molar-refractivity contribution in [1.82, 2.24) is 4.90 Å². The summed E-state index contributed by atoms with van der Waals surface area (Å²) in [5, 5.41) is 0. The standard InChI is InChI=1S/C14H22FNO.C2H6/c1-11(7-8-15)5-6-12(2)16-9-13(3)17-14(4)10-16;1-2/h5-8,13-14H,9-10H2,1-4H3;1-2H3/b8-7+,11-5-,12-6+;. The number of ether oxygens (including phenoxy) is 1. The van der Waals surface area contributed by atoms with Gasteiger partial charge in [0.15, 0.2) is 0 Å². The second-order valence-corrected chi connectivity index (χ2v) is 4.67. The smallest absolute Gasteiger partial charge is 0.0869 e. The minimum Gasteiger partial charge on any atom is -0.372 e. The van der Waals surface area contributed by atoms with Gasteiger partial charge in [-0.15, -0.1) is 0 Å². The molecule has 0 aromatic carbocycles. The Morgan fingerprint density at radius 2 is 1.63 bits per heavy atom. The molecule has 1 saturated heterocycles. The summed E-state index contributed by atoms with van der Waals surface area (Å²) in [6.45, 7) is 14.0. The van der Waals surface area contributed by atoms with Crippen LogP contribution in [0.3, 0.4) is 0 Å². The van der Waals surface area contributed by atoms with E-state index in [9.17, 15) is 4.39 Å². The molecular formula is C16H28FNO. The van der Waals surface area contributed by atoms with Crippen molar-refractivity contribution >= 4 is 0 Å². The number of hydrogen-bond donors (Lipinski definition) is 0. The van der Waals surface area contributed by atoms with E-state index < -0.39 is 0 Å². The fraction of sp³-hybridized carbons (Fsp3) is 0.625. The van der Waals surface area contributed by atoms with Crippen molar-refractivity contribution in [3.8, 4) is 0 Å². The largest absolute Gasteiger partial charge is 0.372 e. The van der Waals surface area contributed by atoms with E-state index in [1.807, 2.05) is 32.9 Å². The third kappa shape index (κ3) is 7.16. The summed E-state index contributed by atoms with van der Waals surface area (Å²) in [7, 11) is 0. The van der Waals surface area contributed by atoms with Crippen LogP contribution in [0.5, 0.6) is 0 Å². The van der Waals surface area contributed by atoms with E-state index >= 15 is 0 Å². The predicted octanol–water partition coefficient (Wildman–Crippen LogP) is 4.46. The summed E-state index contributed by atoms with van der Waals surface area (Å²) in [6.07, 6.45) is 6.49. The van der Waals surface area contributed by atoms with E-state index in [4.69, 9.17) is 4.74 Å². The molecule has 0 amide bonds. The Kier molecular flexibility index (Phi) is 9.23. The van der Waals surface area contributed by atoms with Crippen LogP contribution in [0.15, 0.2) is 35.8 Å². The van der Waals surface area contributed by atoms with E-state index in [2.05, 4.69) is 25.7 Å². The number of hydrogen-bond acceptors (Lipinski definition) is 2. The normalized spacial score (nSPS) is 25.3. The number of nitrogens with zero attached hydrogens (tertiary/aromatic N) is 1. The molecule has 0 saturated carbocycles. The van der Waals surface area contributed by atoms with E-state index in [1.165, 1.54) is 11.8 Å². The van der Waals surface area contributed by atoms with Gasteiger partial charge in [-0.2, -0.15) is 0 Å². The third-order valence-electron chi connectivity index (χ3n) is 2.83. The molecule has 0 aromatic heterocycles. The van der Waals surface area contributed by atoms with Crippen molar-refractivity contribution in [2.75, 3.05) is 13.1 Å². The zero-order valence-corrected chi connectivity index (χ0v) is 13.1. The first-order chi connectivity index (χ1) is 9.02. The van der Waals surface area contributed by atoms with Gasteiger partial charge in [-0.1, -0.05) is 19.9 Å². The summed E-state index contributed by atoms with van der Waals surface area (Å²) in [4.78, 5) is 2.31. The fourth-order valence-corrected chi connectivity index (χ4v) is 1.98. The lowest BCUT2D eigenvalue weighted by atomic mass is 10.2. The SMILES string of the molecule is CC.CC(=C/C=C(\C)N1CC(C)OC(C)C1)/C=C/F. The molecule has 2 atom stereocenters. The Hall–Kier alpha value is -1.09. The molecule has 2 nitrogen and oxygen atoms in total. The lowest BCUT2D eigenvalue weighted by Gasteiger charge is -2.37. The molecule has 0 N–H and O–H groups in total. The molecule has 3 heteroatoms. The van der Waals surface area contributed by atoms with Gasteiger partial charge in [-0.05, 0) is 45.4 Å². The quantitative estimate of drug-likeness (QED) is 0.702. The van der Waals surface area contributed by atoms with Gasteiger partial charge in [0.25, 0.3) is 0 Å². The summed E-state index contributed by atoms with van der Waals surface area (Å²) in [5.74, 6) is 0. The average molecular weight is 269 g/mol. The van der Waals surface area contributed by atoms with E-state index in [-0.39, 0.29) is 12.2 Å². The summed E-state index contributed by atoms with van der Waals surface area (Å²) < 4.78 is 17.6. The van der Waals surface area contributed by atoms with E-state index in [0.29, 0.717) is 6.33 Å². The summed E-state index contributed by atoms with van der Waals surface area (Å²) >= 11 is 0. The number of halogens is 1. The monoisotopic (exact) mass is 269 g/mol. The fourth-order valence-electron chi connectivity index (χ4n) is 1.98. The maximum atomic E-state index is 12.0. The van der Waals surface area contributed by atoms with Gasteiger partial charge >= 0.3 is 0 Å². The highest BCUT2D eigenvalue weighted by Crippen LogP contribution is 2.15. The Bertz CT molecular complexity index is 324. The van der Waals surface area contributed by atoms with E-state index in [1.54, 1.807) is 0 Å². The number of rotatable bonds is 3. The van der Waals surface area contributed by atoms with Crippen LogP contribution in [-0.4, -0.2) is 30.2 Å². The topological polar surface area (TPSA) is 12.5 Å². The second kappa shape index (κ2) is 9.79. The van der Waals surface area contributed by atoms with Gasteiger partial charge in [0.05, 0.1) is 18.5 Å². The molecule has 2 unspecified atom stereocenters. The molecule has 0 bridgehead atoms. The molecule has 1 rings (SSSR count). The van der Waals surface area contributed by atoms with Crippen molar-refractivity contribution < 1.29 is 9.13 Å². The Labute approximate surface area is 117 Å². The lowest BCUT2D eigenvalue weighted by molar-refractivity contribution is -0.0577. The first-order valence-electron chi connectivity index (χ1n) is 7.05. The molecule has 1 heterocycles. The van der Waals surface area contributed by atoms with Crippen LogP contribution in [0.25, 0.3) is 0 Å².